The first-order chi connectivity index (χ1) is 15.9. The van der Waals surface area contributed by atoms with E-state index in [-0.39, 0.29) is 28.7 Å². The molecule has 0 radical (unpaired) electrons. The number of carbonyl (C=O) groups excluding carboxylic acids is 3. The van der Waals surface area contributed by atoms with E-state index in [4.69, 9.17) is 4.74 Å². The van der Waals surface area contributed by atoms with E-state index >= 15 is 0 Å². The number of aromatic nitrogens is 2. The number of fused-ring (bicyclic) bond motifs is 1. The van der Waals surface area contributed by atoms with Gasteiger partial charge in [0.05, 0.1) is 6.42 Å². The molecule has 10 nitrogen and oxygen atoms in total. The third-order valence-electron chi connectivity index (χ3n) is 5.23. The van der Waals surface area contributed by atoms with Crippen LogP contribution >= 0.6 is 23.5 Å². The van der Waals surface area contributed by atoms with Crippen LogP contribution in [0.3, 0.4) is 0 Å². The SMILES string of the molecule is COC1(NC(=O)Cc2ncc[nH]2)C(=O)N2C(C(=O)O)=C(CSC(=O)c3ccccc3)CS[C@@H]21. The van der Waals surface area contributed by atoms with Crippen LogP contribution in [0.25, 0.3) is 0 Å². The summed E-state index contributed by atoms with van der Waals surface area (Å²) in [6.07, 6.45) is 3.00. The fourth-order valence-electron chi connectivity index (χ4n) is 3.66. The number of carboxylic acid groups (broad SMARTS) is 1. The summed E-state index contributed by atoms with van der Waals surface area (Å²) < 4.78 is 5.42. The Morgan fingerprint density at radius 2 is 2.12 bits per heavy atom. The number of amides is 2. The van der Waals surface area contributed by atoms with E-state index in [0.29, 0.717) is 17.0 Å². The third kappa shape index (κ3) is 4.28. The minimum absolute atomic E-state index is 0.0894. The minimum Gasteiger partial charge on any atom is -0.477 e. The molecular weight excluding hydrogens is 468 g/mol. The van der Waals surface area contributed by atoms with Gasteiger partial charge in [-0.25, -0.2) is 9.78 Å². The molecule has 0 saturated carbocycles. The molecule has 4 rings (SSSR count). The molecular formula is C21H20N4O6S2. The Kier molecular flexibility index (Phi) is 6.58. The average Bonchev–Trinajstić information content (AvgIpc) is 3.33. The lowest BCUT2D eigenvalue weighted by atomic mass is 9.98. The topological polar surface area (TPSA) is 142 Å². The summed E-state index contributed by atoms with van der Waals surface area (Å²) in [7, 11) is 1.29. The van der Waals surface area contributed by atoms with Crippen molar-refractivity contribution >= 4 is 46.4 Å². The maximum absolute atomic E-state index is 13.1. The van der Waals surface area contributed by atoms with E-state index < -0.39 is 28.9 Å². The Morgan fingerprint density at radius 1 is 1.36 bits per heavy atom. The quantitative estimate of drug-likeness (QED) is 0.369. The lowest BCUT2D eigenvalue weighted by Crippen LogP contribution is -2.80. The number of aliphatic carboxylic acids is 1. The van der Waals surface area contributed by atoms with Gasteiger partial charge >= 0.3 is 5.97 Å². The van der Waals surface area contributed by atoms with Gasteiger partial charge in [-0.1, -0.05) is 42.1 Å². The fourth-order valence-corrected chi connectivity index (χ4v) is 6.08. The van der Waals surface area contributed by atoms with E-state index in [0.717, 1.165) is 16.7 Å². The highest BCUT2D eigenvalue weighted by atomic mass is 32.2. The van der Waals surface area contributed by atoms with Gasteiger partial charge in [0.15, 0.2) is 0 Å². The standard InChI is InChI=1S/C21H20N4O6S2/c1-31-21(24-15(26)9-14-22-7-8-23-14)19(30)25-16(17(27)28)13(11-33-20(21)25)10-32-18(29)12-5-3-2-4-6-12/h2-8,20H,9-11H2,1H3,(H,22,23)(H,24,26)(H,27,28)/t20-,21?/m1/s1. The van der Waals surface area contributed by atoms with Gasteiger partial charge in [-0.05, 0) is 5.57 Å². The van der Waals surface area contributed by atoms with E-state index in [9.17, 15) is 24.3 Å². The zero-order chi connectivity index (χ0) is 23.6. The summed E-state index contributed by atoms with van der Waals surface area (Å²) >= 11 is 2.25. The molecule has 1 aromatic carbocycles. The van der Waals surface area contributed by atoms with Crippen LogP contribution in [-0.4, -0.2) is 72.6 Å². The molecule has 1 aromatic heterocycles. The molecule has 1 unspecified atom stereocenters. The molecule has 0 bridgehead atoms. The van der Waals surface area contributed by atoms with Crippen molar-refractivity contribution in [1.82, 2.24) is 20.2 Å². The summed E-state index contributed by atoms with van der Waals surface area (Å²) in [6.45, 7) is 0. The maximum atomic E-state index is 13.1. The van der Waals surface area contributed by atoms with Crippen molar-refractivity contribution in [1.29, 1.82) is 0 Å². The number of benzene rings is 1. The first-order valence-electron chi connectivity index (χ1n) is 9.84. The second kappa shape index (κ2) is 9.41. The highest BCUT2D eigenvalue weighted by Gasteiger charge is 2.66. The molecule has 0 spiro atoms. The summed E-state index contributed by atoms with van der Waals surface area (Å²) in [5, 5.41) is 11.5. The Labute approximate surface area is 197 Å². The van der Waals surface area contributed by atoms with E-state index in [1.165, 1.54) is 25.1 Å². The number of nitrogens with one attached hydrogen (secondary N) is 2. The predicted octanol–water partition coefficient (Wildman–Crippen LogP) is 1.24. The summed E-state index contributed by atoms with van der Waals surface area (Å²) in [5.41, 5.74) is -0.879. The molecule has 172 valence electrons. The Bertz CT molecular complexity index is 1120. The van der Waals surface area contributed by atoms with Crippen LogP contribution in [0.1, 0.15) is 16.2 Å². The Morgan fingerprint density at radius 3 is 2.76 bits per heavy atom. The molecule has 2 aliphatic rings. The number of imidazole rings is 1. The maximum Gasteiger partial charge on any atom is 0.352 e. The number of methoxy groups -OCH3 is 1. The van der Waals surface area contributed by atoms with Crippen molar-refractivity contribution in [3.8, 4) is 0 Å². The molecule has 1 saturated heterocycles. The van der Waals surface area contributed by atoms with Crippen molar-refractivity contribution in [2.24, 2.45) is 0 Å². The first-order valence-corrected chi connectivity index (χ1v) is 11.9. The van der Waals surface area contributed by atoms with Gasteiger partial charge in [0.25, 0.3) is 11.6 Å². The number of thioether (sulfide) groups is 2. The predicted molar refractivity (Wildman–Crippen MR) is 121 cm³/mol. The summed E-state index contributed by atoms with van der Waals surface area (Å²) in [4.78, 5) is 58.0. The molecule has 2 aliphatic heterocycles. The van der Waals surface area contributed by atoms with Crippen molar-refractivity contribution in [2.75, 3.05) is 18.6 Å². The van der Waals surface area contributed by atoms with Crippen molar-refractivity contribution in [3.05, 3.63) is 65.4 Å². The second-order valence-electron chi connectivity index (χ2n) is 7.24. The number of carboxylic acids is 1. The normalized spacial score (nSPS) is 21.9. The van der Waals surface area contributed by atoms with Gasteiger partial charge in [-0.3, -0.25) is 19.3 Å². The molecule has 1 fully saturated rings. The Balaban J connectivity index is 1.50. The summed E-state index contributed by atoms with van der Waals surface area (Å²) in [5.74, 6) is -1.62. The number of carbonyl (C=O) groups is 4. The number of H-pyrrole nitrogens is 1. The van der Waals surface area contributed by atoms with Crippen LogP contribution in [0.2, 0.25) is 0 Å². The van der Waals surface area contributed by atoms with Crippen LogP contribution in [0, 0.1) is 0 Å². The second-order valence-corrected chi connectivity index (χ2v) is 9.26. The van der Waals surface area contributed by atoms with Crippen LogP contribution in [0.15, 0.2) is 54.0 Å². The number of rotatable bonds is 8. The number of β-lactam (4-membered cyclic amide) rings is 1. The fraction of sp³-hybridized carbons (Fsp3) is 0.286. The smallest absolute Gasteiger partial charge is 0.352 e. The number of ether oxygens (including phenoxy) is 1. The Hall–Kier alpha value is -3.09. The van der Waals surface area contributed by atoms with Crippen molar-refractivity contribution in [2.45, 2.75) is 17.5 Å². The van der Waals surface area contributed by atoms with Gasteiger partial charge < -0.3 is 20.1 Å². The number of hydrogen-bond donors (Lipinski definition) is 3. The van der Waals surface area contributed by atoms with Gasteiger partial charge in [-0.15, -0.1) is 11.8 Å². The molecule has 12 heteroatoms. The monoisotopic (exact) mass is 488 g/mol. The highest BCUT2D eigenvalue weighted by Crippen LogP contribution is 2.47. The van der Waals surface area contributed by atoms with E-state index in [1.54, 1.807) is 36.5 Å². The van der Waals surface area contributed by atoms with Gasteiger partial charge in [-0.2, -0.15) is 0 Å². The largest absolute Gasteiger partial charge is 0.477 e. The highest BCUT2D eigenvalue weighted by molar-refractivity contribution is 8.14. The molecule has 2 atom stereocenters. The minimum atomic E-state index is -1.67. The molecule has 33 heavy (non-hydrogen) atoms. The average molecular weight is 489 g/mol. The van der Waals surface area contributed by atoms with E-state index in [2.05, 4.69) is 15.3 Å². The lowest BCUT2D eigenvalue weighted by Gasteiger charge is -2.55. The molecule has 0 aliphatic carbocycles. The van der Waals surface area contributed by atoms with Crippen LogP contribution < -0.4 is 5.32 Å². The third-order valence-corrected chi connectivity index (χ3v) is 7.59. The lowest BCUT2D eigenvalue weighted by molar-refractivity contribution is -0.192. The van der Waals surface area contributed by atoms with Gasteiger partial charge in [0, 0.05) is 36.6 Å². The number of aromatic amines is 1. The van der Waals surface area contributed by atoms with Gasteiger partial charge in [0.1, 0.15) is 16.9 Å². The zero-order valence-electron chi connectivity index (χ0n) is 17.4. The summed E-state index contributed by atoms with van der Waals surface area (Å²) in [6, 6.07) is 8.67. The molecule has 2 aromatic rings. The molecule has 3 N–H and O–H groups in total. The molecule has 3 heterocycles. The van der Waals surface area contributed by atoms with Crippen LogP contribution in [-0.2, 0) is 25.5 Å². The van der Waals surface area contributed by atoms with E-state index in [1.807, 2.05) is 0 Å². The molecule has 2 amide bonds. The van der Waals surface area contributed by atoms with Crippen LogP contribution in [0.5, 0.6) is 0 Å². The number of hydrogen-bond acceptors (Lipinski definition) is 8. The number of nitrogens with zero attached hydrogens (tertiary/aromatic N) is 2. The first kappa shape index (κ1) is 23.1. The van der Waals surface area contributed by atoms with Crippen molar-refractivity contribution < 1.29 is 29.0 Å². The zero-order valence-corrected chi connectivity index (χ0v) is 19.1. The van der Waals surface area contributed by atoms with Crippen LogP contribution in [0.4, 0.5) is 0 Å². The van der Waals surface area contributed by atoms with Gasteiger partial charge in [0.2, 0.25) is 11.0 Å². The van der Waals surface area contributed by atoms with Crippen molar-refractivity contribution in [3.63, 3.8) is 0 Å².